The van der Waals surface area contributed by atoms with E-state index in [-0.39, 0.29) is 17.9 Å². The van der Waals surface area contributed by atoms with E-state index in [1.807, 2.05) is 60.8 Å². The Hall–Kier alpha value is -4.32. The summed E-state index contributed by atoms with van der Waals surface area (Å²) >= 11 is 0. The maximum atomic E-state index is 13.1. The van der Waals surface area contributed by atoms with Crippen LogP contribution in [0.15, 0.2) is 79.0 Å². The van der Waals surface area contributed by atoms with Gasteiger partial charge in [0, 0.05) is 39.8 Å². The van der Waals surface area contributed by atoms with Gasteiger partial charge in [-0.05, 0) is 54.8 Å². The van der Waals surface area contributed by atoms with E-state index in [9.17, 15) is 9.59 Å². The largest absolute Gasteiger partial charge is 0.397 e. The third kappa shape index (κ3) is 4.50. The minimum atomic E-state index is -0.244. The Morgan fingerprint density at radius 1 is 0.939 bits per heavy atom. The Bertz CT molecular complexity index is 1360. The molecule has 0 atom stereocenters. The van der Waals surface area contributed by atoms with Crippen molar-refractivity contribution in [2.75, 3.05) is 11.1 Å². The van der Waals surface area contributed by atoms with Crippen molar-refractivity contribution < 1.29 is 9.59 Å². The van der Waals surface area contributed by atoms with E-state index in [4.69, 9.17) is 5.73 Å². The number of anilines is 2. The molecular formula is C27H24N4O2. The lowest BCUT2D eigenvalue weighted by atomic mass is 10.0. The molecule has 164 valence electrons. The van der Waals surface area contributed by atoms with Crippen molar-refractivity contribution in [1.82, 2.24) is 10.3 Å². The lowest BCUT2D eigenvalue weighted by Crippen LogP contribution is -2.26. The highest BCUT2D eigenvalue weighted by molar-refractivity contribution is 6.27. The number of benzene rings is 3. The van der Waals surface area contributed by atoms with Crippen LogP contribution in [0.25, 0.3) is 22.6 Å². The van der Waals surface area contributed by atoms with Crippen molar-refractivity contribution in [2.45, 2.75) is 18.9 Å². The van der Waals surface area contributed by atoms with Crippen molar-refractivity contribution in [2.24, 2.45) is 0 Å². The number of aromatic amines is 1. The Balaban J connectivity index is 1.43. The molecule has 4 aromatic rings. The SMILES string of the molecule is Nc1ccccc1NC(=O)c1ccc(C=C(C(=O)NC2CC2)c2c[nH]c3ccccc23)cc1. The number of hydrogen-bond acceptors (Lipinski definition) is 3. The summed E-state index contributed by atoms with van der Waals surface area (Å²) in [4.78, 5) is 28.9. The van der Waals surface area contributed by atoms with Crippen molar-refractivity contribution in [3.63, 3.8) is 0 Å². The number of amides is 2. The molecule has 6 nitrogen and oxygen atoms in total. The van der Waals surface area contributed by atoms with Gasteiger partial charge in [-0.25, -0.2) is 0 Å². The Morgan fingerprint density at radius 2 is 1.67 bits per heavy atom. The number of H-pyrrole nitrogens is 1. The first-order valence-corrected chi connectivity index (χ1v) is 10.9. The van der Waals surface area contributed by atoms with Crippen LogP contribution in [0, 0.1) is 0 Å². The summed E-state index contributed by atoms with van der Waals surface area (Å²) < 4.78 is 0. The molecule has 5 rings (SSSR count). The fraction of sp³-hybridized carbons (Fsp3) is 0.111. The van der Waals surface area contributed by atoms with Crippen LogP contribution < -0.4 is 16.4 Å². The van der Waals surface area contributed by atoms with Crippen LogP contribution in [0.3, 0.4) is 0 Å². The number of fused-ring (bicyclic) bond motifs is 1. The van der Waals surface area contributed by atoms with E-state index in [0.29, 0.717) is 22.5 Å². The molecular weight excluding hydrogens is 412 g/mol. The standard InChI is InChI=1S/C27H24N4O2/c28-23-6-2-4-8-25(23)31-26(32)18-11-9-17(10-12-18)15-21(27(33)30-19-13-14-19)22-16-29-24-7-3-1-5-20(22)24/h1-12,15-16,19,29H,13-14,28H2,(H,30,33)(H,31,32). The zero-order valence-electron chi connectivity index (χ0n) is 18.0. The summed E-state index contributed by atoms with van der Waals surface area (Å²) in [5.74, 6) is -0.338. The zero-order chi connectivity index (χ0) is 22.8. The summed E-state index contributed by atoms with van der Waals surface area (Å²) in [6.45, 7) is 0. The summed E-state index contributed by atoms with van der Waals surface area (Å²) in [6.07, 6.45) is 5.77. The number of carbonyl (C=O) groups is 2. The molecule has 1 aliphatic carbocycles. The molecule has 0 bridgehead atoms. The second kappa shape index (κ2) is 8.67. The number of nitrogen functional groups attached to an aromatic ring is 1. The van der Waals surface area contributed by atoms with Gasteiger partial charge in [0.1, 0.15) is 0 Å². The second-order valence-electron chi connectivity index (χ2n) is 8.22. The summed E-state index contributed by atoms with van der Waals surface area (Å²) in [5.41, 5.74) is 10.8. The second-order valence-corrected chi connectivity index (χ2v) is 8.22. The van der Waals surface area contributed by atoms with Crippen molar-refractivity contribution in [3.05, 3.63) is 95.7 Å². The van der Waals surface area contributed by atoms with E-state index in [2.05, 4.69) is 15.6 Å². The molecule has 0 radical (unpaired) electrons. The zero-order valence-corrected chi connectivity index (χ0v) is 18.0. The third-order valence-electron chi connectivity index (χ3n) is 5.73. The molecule has 2 amide bonds. The minimum absolute atomic E-state index is 0.0939. The Morgan fingerprint density at radius 3 is 2.42 bits per heavy atom. The molecule has 3 aromatic carbocycles. The van der Waals surface area contributed by atoms with E-state index in [1.54, 1.807) is 24.3 Å². The van der Waals surface area contributed by atoms with Crippen LogP contribution in [-0.2, 0) is 4.79 Å². The van der Waals surface area contributed by atoms with Gasteiger partial charge in [-0.3, -0.25) is 9.59 Å². The normalized spacial score (nSPS) is 13.6. The van der Waals surface area contributed by atoms with Crippen LogP contribution in [0.2, 0.25) is 0 Å². The number of rotatable bonds is 6. The highest BCUT2D eigenvalue weighted by atomic mass is 16.2. The lowest BCUT2D eigenvalue weighted by molar-refractivity contribution is -0.115. The lowest BCUT2D eigenvalue weighted by Gasteiger charge is -2.10. The maximum absolute atomic E-state index is 13.1. The average molecular weight is 437 g/mol. The minimum Gasteiger partial charge on any atom is -0.397 e. The molecule has 1 aromatic heterocycles. The number of para-hydroxylation sites is 3. The molecule has 5 N–H and O–H groups in total. The van der Waals surface area contributed by atoms with Gasteiger partial charge in [-0.1, -0.05) is 42.5 Å². The smallest absolute Gasteiger partial charge is 0.255 e. The van der Waals surface area contributed by atoms with Gasteiger partial charge in [0.15, 0.2) is 0 Å². The van der Waals surface area contributed by atoms with Gasteiger partial charge in [0.25, 0.3) is 11.8 Å². The summed E-state index contributed by atoms with van der Waals surface area (Å²) in [7, 11) is 0. The van der Waals surface area contributed by atoms with Crippen molar-refractivity contribution >= 4 is 45.7 Å². The highest BCUT2D eigenvalue weighted by Crippen LogP contribution is 2.29. The number of hydrogen-bond donors (Lipinski definition) is 4. The Labute approximate surface area is 191 Å². The van der Waals surface area contributed by atoms with E-state index in [0.717, 1.165) is 34.9 Å². The van der Waals surface area contributed by atoms with Crippen LogP contribution in [0.1, 0.15) is 34.3 Å². The molecule has 0 unspecified atom stereocenters. The van der Waals surface area contributed by atoms with Gasteiger partial charge in [-0.2, -0.15) is 0 Å². The van der Waals surface area contributed by atoms with Gasteiger partial charge < -0.3 is 21.4 Å². The van der Waals surface area contributed by atoms with Crippen LogP contribution in [0.4, 0.5) is 11.4 Å². The van der Waals surface area contributed by atoms with Gasteiger partial charge in [0.05, 0.1) is 11.4 Å². The van der Waals surface area contributed by atoms with Crippen LogP contribution in [-0.4, -0.2) is 22.8 Å². The van der Waals surface area contributed by atoms with Crippen LogP contribution in [0.5, 0.6) is 0 Å². The maximum Gasteiger partial charge on any atom is 0.255 e. The van der Waals surface area contributed by atoms with Gasteiger partial charge >= 0.3 is 0 Å². The van der Waals surface area contributed by atoms with Gasteiger partial charge in [-0.15, -0.1) is 0 Å². The molecule has 1 fully saturated rings. The molecule has 33 heavy (non-hydrogen) atoms. The first-order valence-electron chi connectivity index (χ1n) is 10.9. The monoisotopic (exact) mass is 436 g/mol. The number of nitrogens with two attached hydrogens (primary N) is 1. The van der Waals surface area contributed by atoms with E-state index >= 15 is 0 Å². The fourth-order valence-electron chi connectivity index (χ4n) is 3.75. The number of nitrogens with one attached hydrogen (secondary N) is 3. The quantitative estimate of drug-likeness (QED) is 0.257. The molecule has 0 aliphatic heterocycles. The van der Waals surface area contributed by atoms with Crippen LogP contribution >= 0.6 is 0 Å². The predicted molar refractivity (Wildman–Crippen MR) is 133 cm³/mol. The molecule has 1 aliphatic rings. The third-order valence-corrected chi connectivity index (χ3v) is 5.73. The number of carbonyl (C=O) groups excluding carboxylic acids is 2. The van der Waals surface area contributed by atoms with Crippen molar-refractivity contribution in [3.8, 4) is 0 Å². The fourth-order valence-corrected chi connectivity index (χ4v) is 3.75. The highest BCUT2D eigenvalue weighted by Gasteiger charge is 2.26. The molecule has 1 saturated carbocycles. The topological polar surface area (TPSA) is 100 Å². The summed E-state index contributed by atoms with van der Waals surface area (Å²) in [5, 5.41) is 6.91. The van der Waals surface area contributed by atoms with Crippen molar-refractivity contribution in [1.29, 1.82) is 0 Å². The molecule has 0 spiro atoms. The average Bonchev–Trinajstić information content (AvgIpc) is 3.55. The molecule has 1 heterocycles. The molecule has 6 heteroatoms. The Kier molecular flexibility index (Phi) is 5.40. The molecule has 0 saturated heterocycles. The van der Waals surface area contributed by atoms with Gasteiger partial charge in [0.2, 0.25) is 0 Å². The number of aromatic nitrogens is 1. The first kappa shape index (κ1) is 20.6. The first-order chi connectivity index (χ1) is 16.1. The van der Waals surface area contributed by atoms with E-state index in [1.165, 1.54) is 0 Å². The van der Waals surface area contributed by atoms with E-state index < -0.39 is 0 Å². The predicted octanol–water partition coefficient (Wildman–Crippen LogP) is 4.82. The summed E-state index contributed by atoms with van der Waals surface area (Å²) in [6, 6.07) is 22.5.